The van der Waals surface area contributed by atoms with Crippen molar-refractivity contribution in [3.8, 4) is 11.5 Å². The summed E-state index contributed by atoms with van der Waals surface area (Å²) in [5.74, 6) is 0.582. The van der Waals surface area contributed by atoms with E-state index in [0.717, 1.165) is 9.99 Å². The van der Waals surface area contributed by atoms with E-state index >= 15 is 0 Å². The number of carbonyl (C=O) groups excluding carboxylic acids is 1. The molecule has 0 saturated heterocycles. The van der Waals surface area contributed by atoms with Crippen molar-refractivity contribution in [3.05, 3.63) is 78.9 Å². The molecule has 0 fully saturated rings. The van der Waals surface area contributed by atoms with E-state index < -0.39 is 15.9 Å². The van der Waals surface area contributed by atoms with Crippen LogP contribution in [0.15, 0.2) is 83.8 Å². The average Bonchev–Trinajstić information content (AvgIpc) is 2.88. The van der Waals surface area contributed by atoms with E-state index in [-0.39, 0.29) is 11.4 Å². The maximum Gasteiger partial charge on any atom is 0.264 e. The molecule has 0 spiro atoms. The minimum Gasteiger partial charge on any atom is -0.486 e. The van der Waals surface area contributed by atoms with Crippen molar-refractivity contribution < 1.29 is 22.7 Å². The van der Waals surface area contributed by atoms with Gasteiger partial charge < -0.3 is 19.7 Å². The number of hydrogen-bond acceptors (Lipinski definition) is 6. The highest BCUT2D eigenvalue weighted by molar-refractivity contribution is 7.92. The Hall–Kier alpha value is -3.72. The summed E-state index contributed by atoms with van der Waals surface area (Å²) in [4.78, 5) is 14.9. The van der Waals surface area contributed by atoms with E-state index in [1.54, 1.807) is 36.4 Å². The summed E-state index contributed by atoms with van der Waals surface area (Å²) in [6, 6.07) is 22.7. The number of nitrogens with one attached hydrogen (secondary N) is 1. The van der Waals surface area contributed by atoms with Gasteiger partial charge in [0, 0.05) is 31.9 Å². The lowest BCUT2D eigenvalue weighted by atomic mass is 10.2. The Morgan fingerprint density at radius 2 is 1.53 bits per heavy atom. The normalized spacial score (nSPS) is 12.6. The first kappa shape index (κ1) is 23.4. The van der Waals surface area contributed by atoms with Crippen LogP contribution in [0, 0.1) is 0 Å². The van der Waals surface area contributed by atoms with E-state index in [4.69, 9.17) is 9.47 Å². The van der Waals surface area contributed by atoms with E-state index in [2.05, 4.69) is 5.32 Å². The van der Waals surface area contributed by atoms with Crippen molar-refractivity contribution in [2.45, 2.75) is 4.90 Å². The first-order valence-corrected chi connectivity index (χ1v) is 12.4. The highest BCUT2D eigenvalue weighted by Gasteiger charge is 2.28. The van der Waals surface area contributed by atoms with Gasteiger partial charge in [0.05, 0.1) is 10.6 Å². The molecule has 0 aromatic heterocycles. The fourth-order valence-corrected chi connectivity index (χ4v) is 5.02. The van der Waals surface area contributed by atoms with Crippen molar-refractivity contribution in [1.29, 1.82) is 0 Å². The fourth-order valence-electron chi connectivity index (χ4n) is 3.58. The monoisotopic (exact) mass is 481 g/mol. The molecule has 0 radical (unpaired) electrons. The smallest absolute Gasteiger partial charge is 0.264 e. The van der Waals surface area contributed by atoms with Crippen LogP contribution in [0.25, 0.3) is 0 Å². The minimum atomic E-state index is -3.99. The van der Waals surface area contributed by atoms with Crippen LogP contribution >= 0.6 is 0 Å². The molecule has 0 unspecified atom stereocenters. The number of nitrogens with zero attached hydrogens (tertiary/aromatic N) is 2. The Bertz CT molecular complexity index is 1220. The Morgan fingerprint density at radius 1 is 0.882 bits per heavy atom. The third kappa shape index (κ3) is 5.43. The van der Waals surface area contributed by atoms with Crippen molar-refractivity contribution >= 4 is 27.3 Å². The Kier molecular flexibility index (Phi) is 7.22. The SMILES string of the molecule is CN(CCNC(=O)CN(c1ccc2c(c1)OCCO2)S(=O)(=O)c1ccccc1)c1ccccc1. The third-order valence-electron chi connectivity index (χ3n) is 5.40. The number of carbonyl (C=O) groups is 1. The third-order valence-corrected chi connectivity index (χ3v) is 7.19. The van der Waals surface area contributed by atoms with Gasteiger partial charge in [0.1, 0.15) is 19.8 Å². The van der Waals surface area contributed by atoms with Gasteiger partial charge in [-0.25, -0.2) is 8.42 Å². The van der Waals surface area contributed by atoms with E-state index in [1.807, 2.05) is 42.3 Å². The molecule has 1 aliphatic heterocycles. The quantitative estimate of drug-likeness (QED) is 0.506. The van der Waals surface area contributed by atoms with Crippen LogP contribution in [0.3, 0.4) is 0 Å². The van der Waals surface area contributed by atoms with Crippen LogP contribution < -0.4 is 24.0 Å². The second-order valence-corrected chi connectivity index (χ2v) is 9.62. The van der Waals surface area contributed by atoms with Gasteiger partial charge in [-0.15, -0.1) is 0 Å². The summed E-state index contributed by atoms with van der Waals surface area (Å²) in [6.07, 6.45) is 0. The number of likely N-dealkylation sites (N-methyl/N-ethyl adjacent to an activating group) is 1. The first-order chi connectivity index (χ1) is 16.4. The van der Waals surface area contributed by atoms with Crippen LogP contribution in [-0.4, -0.2) is 54.2 Å². The highest BCUT2D eigenvalue weighted by Crippen LogP contribution is 2.35. The fraction of sp³-hybridized carbons (Fsp3) is 0.240. The molecule has 0 saturated carbocycles. The zero-order chi connectivity index (χ0) is 24.0. The van der Waals surface area contributed by atoms with Gasteiger partial charge in [-0.3, -0.25) is 9.10 Å². The van der Waals surface area contributed by atoms with Gasteiger partial charge in [0.25, 0.3) is 10.0 Å². The van der Waals surface area contributed by atoms with Crippen molar-refractivity contribution in [3.63, 3.8) is 0 Å². The molecule has 3 aromatic rings. The van der Waals surface area contributed by atoms with Gasteiger partial charge in [-0.1, -0.05) is 36.4 Å². The number of anilines is 2. The predicted octanol–water partition coefficient (Wildman–Crippen LogP) is 2.91. The number of hydrogen-bond donors (Lipinski definition) is 1. The van der Waals surface area contributed by atoms with Gasteiger partial charge in [0.2, 0.25) is 5.91 Å². The standard InChI is InChI=1S/C25H27N3O5S/c1-27(20-8-4-2-5-9-20)15-14-26-25(29)19-28(34(30,31)22-10-6-3-7-11-22)21-12-13-23-24(18-21)33-17-16-32-23/h2-13,18H,14-17,19H2,1H3,(H,26,29). The topological polar surface area (TPSA) is 88.2 Å². The van der Waals surface area contributed by atoms with Gasteiger partial charge >= 0.3 is 0 Å². The van der Waals surface area contributed by atoms with Crippen molar-refractivity contribution in [1.82, 2.24) is 5.32 Å². The predicted molar refractivity (Wildman–Crippen MR) is 131 cm³/mol. The molecule has 178 valence electrons. The van der Waals surface area contributed by atoms with Gasteiger partial charge in [-0.2, -0.15) is 0 Å². The summed E-state index contributed by atoms with van der Waals surface area (Å²) >= 11 is 0. The second-order valence-electron chi connectivity index (χ2n) is 7.76. The summed E-state index contributed by atoms with van der Waals surface area (Å²) in [6.45, 7) is 1.37. The van der Waals surface area contributed by atoms with E-state index in [9.17, 15) is 13.2 Å². The van der Waals surface area contributed by atoms with Crippen LogP contribution in [0.4, 0.5) is 11.4 Å². The summed E-state index contributed by atoms with van der Waals surface area (Å²) in [5.41, 5.74) is 1.35. The second kappa shape index (κ2) is 10.5. The van der Waals surface area contributed by atoms with Crippen molar-refractivity contribution in [2.24, 2.45) is 0 Å². The molecule has 3 aromatic carbocycles. The number of sulfonamides is 1. The zero-order valence-electron chi connectivity index (χ0n) is 18.9. The molecular formula is C25H27N3O5S. The first-order valence-electron chi connectivity index (χ1n) is 11.0. The van der Waals surface area contributed by atoms with Crippen LogP contribution in [0.5, 0.6) is 11.5 Å². The van der Waals surface area contributed by atoms with Crippen LogP contribution in [-0.2, 0) is 14.8 Å². The summed E-state index contributed by atoms with van der Waals surface area (Å²) in [7, 11) is -2.06. The van der Waals surface area contributed by atoms with Crippen LogP contribution in [0.1, 0.15) is 0 Å². The minimum absolute atomic E-state index is 0.0986. The molecule has 34 heavy (non-hydrogen) atoms. The maximum absolute atomic E-state index is 13.5. The molecule has 1 aliphatic rings. The number of para-hydroxylation sites is 1. The Labute approximate surface area is 199 Å². The largest absolute Gasteiger partial charge is 0.486 e. The lowest BCUT2D eigenvalue weighted by Crippen LogP contribution is -2.42. The van der Waals surface area contributed by atoms with Crippen LogP contribution in [0.2, 0.25) is 0 Å². The molecule has 1 amide bonds. The molecule has 9 heteroatoms. The number of rotatable bonds is 9. The van der Waals surface area contributed by atoms with E-state index in [1.165, 1.54) is 12.1 Å². The Morgan fingerprint density at radius 3 is 2.24 bits per heavy atom. The van der Waals surface area contributed by atoms with Crippen molar-refractivity contribution in [2.75, 3.05) is 49.1 Å². The summed E-state index contributed by atoms with van der Waals surface area (Å²) < 4.78 is 39.2. The average molecular weight is 482 g/mol. The number of fused-ring (bicyclic) bond motifs is 1. The molecule has 0 atom stereocenters. The molecular weight excluding hydrogens is 454 g/mol. The molecule has 0 bridgehead atoms. The lowest BCUT2D eigenvalue weighted by Gasteiger charge is -2.26. The summed E-state index contributed by atoms with van der Waals surface area (Å²) in [5, 5.41) is 2.83. The Balaban J connectivity index is 1.51. The number of ether oxygens (including phenoxy) is 2. The zero-order valence-corrected chi connectivity index (χ0v) is 19.7. The number of benzene rings is 3. The maximum atomic E-state index is 13.5. The number of amides is 1. The molecule has 1 N–H and O–H groups in total. The van der Waals surface area contributed by atoms with Gasteiger partial charge in [-0.05, 0) is 36.4 Å². The molecule has 1 heterocycles. The van der Waals surface area contributed by atoms with Gasteiger partial charge in [0.15, 0.2) is 11.5 Å². The van der Waals surface area contributed by atoms with E-state index in [0.29, 0.717) is 43.5 Å². The molecule has 4 rings (SSSR count). The molecule has 0 aliphatic carbocycles. The lowest BCUT2D eigenvalue weighted by molar-refractivity contribution is -0.119. The highest BCUT2D eigenvalue weighted by atomic mass is 32.2. The molecule has 8 nitrogen and oxygen atoms in total.